The SMILES string of the molecule is CCOc1cc(NC(=O)C(N=Nc2ccc(OCC)c(OCC)c2Cl)C(C)=O)c(Cl)c(OCC)c1. The van der Waals surface area contributed by atoms with Crippen LogP contribution in [0.1, 0.15) is 34.6 Å². The van der Waals surface area contributed by atoms with Crippen molar-refractivity contribution in [3.8, 4) is 23.0 Å². The largest absolute Gasteiger partial charge is 0.494 e. The van der Waals surface area contributed by atoms with Gasteiger partial charge in [-0.1, -0.05) is 23.2 Å². The Morgan fingerprint density at radius 3 is 2.11 bits per heavy atom. The van der Waals surface area contributed by atoms with Crippen molar-refractivity contribution in [1.29, 1.82) is 0 Å². The van der Waals surface area contributed by atoms with Crippen LogP contribution in [0.3, 0.4) is 0 Å². The van der Waals surface area contributed by atoms with Gasteiger partial charge in [-0.05, 0) is 46.8 Å². The topological polar surface area (TPSA) is 108 Å². The van der Waals surface area contributed by atoms with Gasteiger partial charge in [0.05, 0.1) is 32.1 Å². The first kappa shape index (κ1) is 28.2. The molecule has 11 heteroatoms. The fraction of sp³-hybridized carbons (Fsp3) is 0.417. The van der Waals surface area contributed by atoms with Gasteiger partial charge in [-0.25, -0.2) is 0 Å². The number of carbonyl (C=O) groups excluding carboxylic acids is 2. The van der Waals surface area contributed by atoms with Crippen molar-refractivity contribution >= 4 is 46.3 Å². The quantitative estimate of drug-likeness (QED) is 0.244. The minimum Gasteiger partial charge on any atom is -0.494 e. The third kappa shape index (κ3) is 7.47. The molecule has 2 aromatic rings. The van der Waals surface area contributed by atoms with Crippen LogP contribution < -0.4 is 24.3 Å². The van der Waals surface area contributed by atoms with Gasteiger partial charge in [0.2, 0.25) is 6.04 Å². The van der Waals surface area contributed by atoms with Crippen molar-refractivity contribution in [2.45, 2.75) is 40.7 Å². The summed E-state index contributed by atoms with van der Waals surface area (Å²) in [4.78, 5) is 25.2. The number of ether oxygens (including phenoxy) is 4. The number of ketones is 1. The van der Waals surface area contributed by atoms with Crippen molar-refractivity contribution in [2.24, 2.45) is 10.2 Å². The maximum absolute atomic E-state index is 13.0. The molecule has 1 amide bonds. The lowest BCUT2D eigenvalue weighted by molar-refractivity contribution is -0.126. The van der Waals surface area contributed by atoms with E-state index in [0.717, 1.165) is 0 Å². The normalized spacial score (nSPS) is 11.7. The molecule has 1 N–H and O–H groups in total. The Bertz CT molecular complexity index is 1080. The Balaban J connectivity index is 2.35. The van der Waals surface area contributed by atoms with E-state index < -0.39 is 17.7 Å². The molecule has 0 saturated carbocycles. The predicted molar refractivity (Wildman–Crippen MR) is 135 cm³/mol. The average Bonchev–Trinajstić information content (AvgIpc) is 2.81. The lowest BCUT2D eigenvalue weighted by Crippen LogP contribution is -2.32. The highest BCUT2D eigenvalue weighted by atomic mass is 35.5. The molecule has 1 unspecified atom stereocenters. The van der Waals surface area contributed by atoms with Crippen molar-refractivity contribution < 1.29 is 28.5 Å². The Hall–Kier alpha value is -3.04. The number of halogens is 2. The average molecular weight is 526 g/mol. The number of rotatable bonds is 13. The maximum atomic E-state index is 13.0. The first-order chi connectivity index (χ1) is 16.8. The summed E-state index contributed by atoms with van der Waals surface area (Å²) in [5, 5.41) is 10.9. The van der Waals surface area contributed by atoms with Crippen LogP contribution in [0.5, 0.6) is 23.0 Å². The monoisotopic (exact) mass is 525 g/mol. The molecule has 0 aliphatic carbocycles. The lowest BCUT2D eigenvalue weighted by Gasteiger charge is -2.16. The summed E-state index contributed by atoms with van der Waals surface area (Å²) in [7, 11) is 0. The van der Waals surface area contributed by atoms with E-state index in [2.05, 4.69) is 15.5 Å². The van der Waals surface area contributed by atoms with Crippen molar-refractivity contribution in [2.75, 3.05) is 31.7 Å². The van der Waals surface area contributed by atoms with E-state index in [0.29, 0.717) is 49.4 Å². The Kier molecular flexibility index (Phi) is 11.1. The number of carbonyl (C=O) groups is 2. The number of nitrogens with zero attached hydrogens (tertiary/aromatic N) is 2. The van der Waals surface area contributed by atoms with Crippen LogP contribution in [0.4, 0.5) is 11.4 Å². The number of amides is 1. The number of Topliss-reactive ketones (excluding diaryl/α,β-unsaturated/α-hetero) is 1. The standard InChI is InChI=1S/C24H29Cl2N3O6/c1-6-32-15-12-17(20(25)19(13-15)34-8-3)27-24(31)22(14(5)30)29-28-16-10-11-18(33-7-2)23(21(16)26)35-9-4/h10-13,22H,6-9H2,1-5H3,(H,27,31). The van der Waals surface area contributed by atoms with E-state index in [9.17, 15) is 9.59 Å². The number of azo groups is 1. The van der Waals surface area contributed by atoms with Crippen LogP contribution in [-0.4, -0.2) is 44.2 Å². The number of nitrogens with one attached hydrogen (secondary N) is 1. The van der Waals surface area contributed by atoms with Gasteiger partial charge >= 0.3 is 0 Å². The molecule has 2 aromatic carbocycles. The van der Waals surface area contributed by atoms with Gasteiger partial charge in [0.1, 0.15) is 27.2 Å². The third-order valence-electron chi connectivity index (χ3n) is 4.42. The molecule has 0 radical (unpaired) electrons. The first-order valence-corrected chi connectivity index (χ1v) is 11.9. The molecule has 0 bridgehead atoms. The summed E-state index contributed by atoms with van der Waals surface area (Å²) in [5.41, 5.74) is 0.429. The molecule has 2 rings (SSSR count). The van der Waals surface area contributed by atoms with Crippen molar-refractivity contribution in [3.05, 3.63) is 34.3 Å². The predicted octanol–water partition coefficient (Wildman–Crippen LogP) is 6.27. The molecule has 0 aromatic heterocycles. The molecular formula is C24H29Cl2N3O6. The van der Waals surface area contributed by atoms with Crippen LogP contribution in [0.15, 0.2) is 34.5 Å². The second-order valence-electron chi connectivity index (χ2n) is 6.96. The van der Waals surface area contributed by atoms with E-state index in [1.165, 1.54) is 13.0 Å². The molecule has 9 nitrogen and oxygen atoms in total. The van der Waals surface area contributed by atoms with Crippen LogP contribution >= 0.6 is 23.2 Å². The Morgan fingerprint density at radius 1 is 0.886 bits per heavy atom. The second kappa shape index (κ2) is 13.7. The van der Waals surface area contributed by atoms with Gasteiger partial charge < -0.3 is 24.3 Å². The molecular weight excluding hydrogens is 497 g/mol. The summed E-state index contributed by atoms with van der Waals surface area (Å²) < 4.78 is 22.1. The summed E-state index contributed by atoms with van der Waals surface area (Å²) in [6, 6.07) is 4.90. The highest BCUT2D eigenvalue weighted by Crippen LogP contribution is 2.42. The minimum absolute atomic E-state index is 0.151. The number of benzene rings is 2. The van der Waals surface area contributed by atoms with Crippen molar-refractivity contribution in [3.63, 3.8) is 0 Å². The van der Waals surface area contributed by atoms with E-state index in [-0.39, 0.29) is 21.4 Å². The molecule has 0 heterocycles. The molecule has 0 aliphatic heterocycles. The molecule has 0 fully saturated rings. The molecule has 35 heavy (non-hydrogen) atoms. The molecule has 0 saturated heterocycles. The van der Waals surface area contributed by atoms with Crippen LogP contribution in [0.2, 0.25) is 10.0 Å². The summed E-state index contributed by atoms with van der Waals surface area (Å²) in [6.07, 6.45) is 0. The first-order valence-electron chi connectivity index (χ1n) is 11.2. The van der Waals surface area contributed by atoms with Crippen LogP contribution in [-0.2, 0) is 9.59 Å². The van der Waals surface area contributed by atoms with Gasteiger partial charge in [0, 0.05) is 12.1 Å². The Labute approximate surface area is 214 Å². The van der Waals surface area contributed by atoms with Crippen LogP contribution in [0.25, 0.3) is 0 Å². The van der Waals surface area contributed by atoms with Gasteiger partial charge in [0.15, 0.2) is 17.3 Å². The molecule has 1 atom stereocenters. The van der Waals surface area contributed by atoms with Gasteiger partial charge in [-0.15, -0.1) is 0 Å². The number of hydrogen-bond acceptors (Lipinski definition) is 8. The Morgan fingerprint density at radius 2 is 1.51 bits per heavy atom. The zero-order chi connectivity index (χ0) is 26.0. The fourth-order valence-corrected chi connectivity index (χ4v) is 3.43. The van der Waals surface area contributed by atoms with E-state index in [1.807, 2.05) is 13.8 Å². The molecule has 0 aliphatic rings. The van der Waals surface area contributed by atoms with Gasteiger partial charge in [0.25, 0.3) is 5.91 Å². The third-order valence-corrected chi connectivity index (χ3v) is 5.18. The number of anilines is 1. The highest BCUT2D eigenvalue weighted by molar-refractivity contribution is 6.35. The summed E-state index contributed by atoms with van der Waals surface area (Å²) in [6.45, 7) is 10.0. The van der Waals surface area contributed by atoms with Gasteiger partial charge in [-0.3, -0.25) is 9.59 Å². The molecule has 190 valence electrons. The maximum Gasteiger partial charge on any atom is 0.258 e. The number of hydrogen-bond donors (Lipinski definition) is 1. The van der Waals surface area contributed by atoms with Gasteiger partial charge in [-0.2, -0.15) is 10.2 Å². The van der Waals surface area contributed by atoms with E-state index in [1.54, 1.807) is 32.0 Å². The second-order valence-corrected chi connectivity index (χ2v) is 7.71. The minimum atomic E-state index is -1.45. The van der Waals surface area contributed by atoms with E-state index in [4.69, 9.17) is 42.1 Å². The summed E-state index contributed by atoms with van der Waals surface area (Å²) in [5.74, 6) is 0.279. The summed E-state index contributed by atoms with van der Waals surface area (Å²) >= 11 is 12.8. The zero-order valence-corrected chi connectivity index (χ0v) is 21.8. The van der Waals surface area contributed by atoms with Crippen LogP contribution in [0, 0.1) is 0 Å². The molecule has 0 spiro atoms. The highest BCUT2D eigenvalue weighted by Gasteiger charge is 2.25. The fourth-order valence-electron chi connectivity index (χ4n) is 2.97. The lowest BCUT2D eigenvalue weighted by atomic mass is 10.2. The zero-order valence-electron chi connectivity index (χ0n) is 20.3. The smallest absolute Gasteiger partial charge is 0.258 e. The van der Waals surface area contributed by atoms with E-state index >= 15 is 0 Å². The van der Waals surface area contributed by atoms with Crippen molar-refractivity contribution in [1.82, 2.24) is 0 Å².